The summed E-state index contributed by atoms with van der Waals surface area (Å²) in [5.74, 6) is 3.65. The Hall–Kier alpha value is -4.20. The third-order valence-electron chi connectivity index (χ3n) is 6.70. The summed E-state index contributed by atoms with van der Waals surface area (Å²) in [6.07, 6.45) is 1.15. The number of benzene rings is 3. The highest BCUT2D eigenvalue weighted by Crippen LogP contribution is 2.39. The van der Waals surface area contributed by atoms with Gasteiger partial charge in [0.05, 0.1) is 44.7 Å². The Balaban J connectivity index is 1.37. The summed E-state index contributed by atoms with van der Waals surface area (Å²) in [7, 11) is 4.86. The van der Waals surface area contributed by atoms with Gasteiger partial charge in [0.25, 0.3) is 0 Å². The smallest absolute Gasteiger partial charge is 0.227 e. The summed E-state index contributed by atoms with van der Waals surface area (Å²) in [6, 6.07) is 21.2. The van der Waals surface area contributed by atoms with E-state index < -0.39 is 0 Å². The van der Waals surface area contributed by atoms with Crippen LogP contribution < -0.4 is 23.8 Å². The van der Waals surface area contributed by atoms with Crippen LogP contribution in [-0.4, -0.2) is 49.9 Å². The first-order valence-electron chi connectivity index (χ1n) is 12.4. The van der Waals surface area contributed by atoms with Crippen molar-refractivity contribution in [2.75, 3.05) is 39.4 Å². The maximum atomic E-state index is 13.2. The van der Waals surface area contributed by atoms with Gasteiger partial charge < -0.3 is 28.4 Å². The Bertz CT molecular complexity index is 1400. The molecule has 1 unspecified atom stereocenters. The molecule has 1 aromatic heterocycles. The Morgan fingerprint density at radius 2 is 1.65 bits per heavy atom. The number of amides is 1. The third kappa shape index (κ3) is 4.91. The molecule has 8 nitrogen and oxygen atoms in total. The van der Waals surface area contributed by atoms with Crippen molar-refractivity contribution >= 4 is 22.6 Å². The summed E-state index contributed by atoms with van der Waals surface area (Å²) in [5.41, 5.74) is 2.69. The van der Waals surface area contributed by atoms with Crippen molar-refractivity contribution < 1.29 is 23.7 Å². The number of hydrogen-bond donors (Lipinski definition) is 0. The number of carbonyl (C=O) groups is 1. The van der Waals surface area contributed by atoms with Crippen molar-refractivity contribution in [2.45, 2.75) is 25.3 Å². The Kier molecular flexibility index (Phi) is 7.16. The van der Waals surface area contributed by atoms with E-state index in [-0.39, 0.29) is 11.8 Å². The van der Waals surface area contributed by atoms with Crippen molar-refractivity contribution in [3.63, 3.8) is 0 Å². The van der Waals surface area contributed by atoms with Crippen molar-refractivity contribution in [3.8, 4) is 23.0 Å². The van der Waals surface area contributed by atoms with E-state index in [1.807, 2.05) is 60.7 Å². The summed E-state index contributed by atoms with van der Waals surface area (Å²) < 4.78 is 24.5. The molecule has 0 bridgehead atoms. The summed E-state index contributed by atoms with van der Waals surface area (Å²) in [5, 5.41) is 0. The fourth-order valence-electron chi connectivity index (χ4n) is 4.90. The number of aryl methyl sites for hydroxylation is 1. The molecule has 2 heterocycles. The molecule has 192 valence electrons. The lowest BCUT2D eigenvalue weighted by Gasteiger charge is -2.20. The van der Waals surface area contributed by atoms with Gasteiger partial charge in [0.2, 0.25) is 5.91 Å². The highest BCUT2D eigenvalue weighted by atomic mass is 16.5. The number of methoxy groups -OCH3 is 3. The van der Waals surface area contributed by atoms with E-state index in [0.717, 1.165) is 35.6 Å². The SMILES string of the molecule is COc1ccc(OC)c(N2CC(c3nc4ccccc4n3CCCOc3ccccc3OC)CC2=O)c1. The standard InChI is InChI=1S/C29H31N3O5/c1-34-21-13-14-25(35-2)24(18-21)32-19-20(17-28(32)33)29-30-22-9-4-5-10-23(22)31(29)15-8-16-37-27-12-7-6-11-26(27)36-3/h4-7,9-14,18,20H,8,15-17,19H2,1-3H3. The first-order valence-corrected chi connectivity index (χ1v) is 12.4. The van der Waals surface area contributed by atoms with E-state index in [1.54, 1.807) is 26.2 Å². The van der Waals surface area contributed by atoms with Gasteiger partial charge in [0.1, 0.15) is 17.3 Å². The number of rotatable bonds is 10. The minimum absolute atomic E-state index is 0.0367. The van der Waals surface area contributed by atoms with Gasteiger partial charge in [-0.2, -0.15) is 0 Å². The van der Waals surface area contributed by atoms with Crippen LogP contribution in [0.3, 0.4) is 0 Å². The predicted molar refractivity (Wildman–Crippen MR) is 142 cm³/mol. The van der Waals surface area contributed by atoms with Crippen LogP contribution in [0, 0.1) is 0 Å². The van der Waals surface area contributed by atoms with Crippen molar-refractivity contribution in [1.82, 2.24) is 9.55 Å². The molecule has 4 aromatic rings. The molecule has 0 spiro atoms. The lowest BCUT2D eigenvalue weighted by molar-refractivity contribution is -0.117. The van der Waals surface area contributed by atoms with Crippen LogP contribution in [0.25, 0.3) is 11.0 Å². The molecular weight excluding hydrogens is 470 g/mol. The largest absolute Gasteiger partial charge is 0.497 e. The third-order valence-corrected chi connectivity index (χ3v) is 6.70. The monoisotopic (exact) mass is 501 g/mol. The Morgan fingerprint density at radius 3 is 2.43 bits per heavy atom. The molecule has 0 aliphatic carbocycles. The molecule has 37 heavy (non-hydrogen) atoms. The number of anilines is 1. The second kappa shape index (κ2) is 10.8. The maximum absolute atomic E-state index is 13.2. The van der Waals surface area contributed by atoms with E-state index in [2.05, 4.69) is 10.6 Å². The molecule has 1 aliphatic heterocycles. The van der Waals surface area contributed by atoms with Crippen molar-refractivity contribution in [3.05, 3.63) is 72.6 Å². The van der Waals surface area contributed by atoms with Crippen LogP contribution in [0.1, 0.15) is 24.6 Å². The average Bonchev–Trinajstić information content (AvgIpc) is 3.51. The first-order chi connectivity index (χ1) is 18.1. The molecule has 1 fully saturated rings. The minimum Gasteiger partial charge on any atom is -0.497 e. The molecule has 5 rings (SSSR count). The van der Waals surface area contributed by atoms with Gasteiger partial charge in [0.15, 0.2) is 11.5 Å². The second-order valence-corrected chi connectivity index (χ2v) is 8.91. The molecule has 0 radical (unpaired) electrons. The lowest BCUT2D eigenvalue weighted by Crippen LogP contribution is -2.25. The predicted octanol–water partition coefficient (Wildman–Crippen LogP) is 5.05. The normalized spacial score (nSPS) is 15.3. The number of imidazole rings is 1. The van der Waals surface area contributed by atoms with E-state index in [1.165, 1.54) is 0 Å². The molecule has 1 amide bonds. The van der Waals surface area contributed by atoms with Gasteiger partial charge in [-0.1, -0.05) is 24.3 Å². The van der Waals surface area contributed by atoms with Crippen LogP contribution in [0.2, 0.25) is 0 Å². The number of carbonyl (C=O) groups excluding carboxylic acids is 1. The van der Waals surface area contributed by atoms with E-state index in [0.29, 0.717) is 42.5 Å². The molecule has 1 aliphatic rings. The van der Waals surface area contributed by atoms with Gasteiger partial charge >= 0.3 is 0 Å². The molecule has 0 N–H and O–H groups in total. The van der Waals surface area contributed by atoms with E-state index in [4.69, 9.17) is 23.9 Å². The highest BCUT2D eigenvalue weighted by Gasteiger charge is 2.36. The van der Waals surface area contributed by atoms with Crippen LogP contribution in [0.15, 0.2) is 66.7 Å². The fraction of sp³-hybridized carbons (Fsp3) is 0.310. The van der Waals surface area contributed by atoms with Gasteiger partial charge in [-0.15, -0.1) is 0 Å². The summed E-state index contributed by atoms with van der Waals surface area (Å²) >= 11 is 0. The molecule has 1 atom stereocenters. The molecule has 3 aromatic carbocycles. The quantitative estimate of drug-likeness (QED) is 0.283. The van der Waals surface area contributed by atoms with Crippen molar-refractivity contribution in [1.29, 1.82) is 0 Å². The fourth-order valence-corrected chi connectivity index (χ4v) is 4.90. The number of fused-ring (bicyclic) bond motifs is 1. The topological polar surface area (TPSA) is 75.1 Å². The number of para-hydroxylation sites is 4. The van der Waals surface area contributed by atoms with E-state index >= 15 is 0 Å². The van der Waals surface area contributed by atoms with Gasteiger partial charge in [-0.3, -0.25) is 4.79 Å². The molecule has 0 saturated carbocycles. The van der Waals surface area contributed by atoms with Gasteiger partial charge in [-0.05, 0) is 42.8 Å². The van der Waals surface area contributed by atoms with Gasteiger partial charge in [0, 0.05) is 31.5 Å². The lowest BCUT2D eigenvalue weighted by atomic mass is 10.1. The van der Waals surface area contributed by atoms with Crippen LogP contribution in [0.4, 0.5) is 5.69 Å². The molecule has 8 heteroatoms. The zero-order valence-corrected chi connectivity index (χ0v) is 21.3. The van der Waals surface area contributed by atoms with E-state index in [9.17, 15) is 4.79 Å². The highest BCUT2D eigenvalue weighted by molar-refractivity contribution is 5.98. The number of aromatic nitrogens is 2. The molecule has 1 saturated heterocycles. The maximum Gasteiger partial charge on any atom is 0.227 e. The Morgan fingerprint density at radius 1 is 0.892 bits per heavy atom. The average molecular weight is 502 g/mol. The zero-order chi connectivity index (χ0) is 25.8. The molecular formula is C29H31N3O5. The zero-order valence-electron chi connectivity index (χ0n) is 21.3. The second-order valence-electron chi connectivity index (χ2n) is 8.91. The number of hydrogen-bond acceptors (Lipinski definition) is 6. The number of ether oxygens (including phenoxy) is 4. The minimum atomic E-state index is -0.0501. The first kappa shape index (κ1) is 24.5. The summed E-state index contributed by atoms with van der Waals surface area (Å²) in [6.45, 7) is 1.77. The summed E-state index contributed by atoms with van der Waals surface area (Å²) in [4.78, 5) is 19.9. The van der Waals surface area contributed by atoms with Crippen LogP contribution in [0.5, 0.6) is 23.0 Å². The van der Waals surface area contributed by atoms with Crippen LogP contribution in [-0.2, 0) is 11.3 Å². The van der Waals surface area contributed by atoms with Crippen molar-refractivity contribution in [2.24, 2.45) is 0 Å². The van der Waals surface area contributed by atoms with Crippen LogP contribution >= 0.6 is 0 Å². The number of nitrogens with zero attached hydrogens (tertiary/aromatic N) is 3. The van der Waals surface area contributed by atoms with Gasteiger partial charge in [-0.25, -0.2) is 4.98 Å². The Labute approximate surface area is 216 Å².